The summed E-state index contributed by atoms with van der Waals surface area (Å²) in [5.74, 6) is -0.975. The Bertz CT molecular complexity index is 612. The average molecular weight is 322 g/mol. The number of carbonyl (C=O) groups excluding carboxylic acids is 1. The molecule has 118 valence electrons. The maximum absolute atomic E-state index is 13.0. The summed E-state index contributed by atoms with van der Waals surface area (Å²) >= 11 is 6.06. The van der Waals surface area contributed by atoms with Gasteiger partial charge in [-0.1, -0.05) is 30.7 Å². The summed E-state index contributed by atoms with van der Waals surface area (Å²) in [7, 11) is 0. The highest BCUT2D eigenvalue weighted by Crippen LogP contribution is 2.50. The highest BCUT2D eigenvalue weighted by Gasteiger charge is 2.53. The largest absolute Gasteiger partial charge is 0.481 e. The van der Waals surface area contributed by atoms with E-state index in [0.717, 1.165) is 18.4 Å². The second-order valence-corrected chi connectivity index (χ2v) is 6.99. The summed E-state index contributed by atoms with van der Waals surface area (Å²) in [6.07, 6.45) is 2.23. The van der Waals surface area contributed by atoms with Gasteiger partial charge in [-0.25, -0.2) is 0 Å². The normalized spacial score (nSPS) is 26.5. The monoisotopic (exact) mass is 321 g/mol. The van der Waals surface area contributed by atoms with Crippen LogP contribution in [-0.4, -0.2) is 35.0 Å². The zero-order valence-electron chi connectivity index (χ0n) is 12.6. The number of halogens is 1. The second kappa shape index (κ2) is 5.58. The number of rotatable bonds is 3. The van der Waals surface area contributed by atoms with Crippen LogP contribution in [0.1, 0.15) is 31.7 Å². The molecule has 1 saturated heterocycles. The zero-order chi connectivity index (χ0) is 15.9. The van der Waals surface area contributed by atoms with E-state index in [1.165, 1.54) is 0 Å². The number of piperidine rings is 1. The molecule has 0 aromatic heterocycles. The predicted molar refractivity (Wildman–Crippen MR) is 83.9 cm³/mol. The van der Waals surface area contributed by atoms with Crippen LogP contribution in [-0.2, 0) is 15.0 Å². The van der Waals surface area contributed by atoms with E-state index in [-0.39, 0.29) is 17.7 Å². The van der Waals surface area contributed by atoms with E-state index in [1.54, 1.807) is 0 Å². The van der Waals surface area contributed by atoms with Crippen LogP contribution in [0.4, 0.5) is 0 Å². The number of aliphatic carboxylic acids is 1. The molecule has 2 atom stereocenters. The van der Waals surface area contributed by atoms with Gasteiger partial charge in [0.1, 0.15) is 0 Å². The molecule has 1 aromatic carbocycles. The average Bonchev–Trinajstić information content (AvgIpc) is 3.27. The number of hydrogen-bond acceptors (Lipinski definition) is 2. The highest BCUT2D eigenvalue weighted by molar-refractivity contribution is 6.30. The molecule has 3 rings (SSSR count). The molecule has 1 heterocycles. The van der Waals surface area contributed by atoms with E-state index >= 15 is 0 Å². The third-order valence-electron chi connectivity index (χ3n) is 5.05. The van der Waals surface area contributed by atoms with Gasteiger partial charge in [0, 0.05) is 18.1 Å². The predicted octanol–water partition coefficient (Wildman–Crippen LogP) is 2.94. The van der Waals surface area contributed by atoms with E-state index in [0.29, 0.717) is 24.5 Å². The molecule has 1 amide bonds. The molecule has 22 heavy (non-hydrogen) atoms. The molecular formula is C17H20ClNO3. The Morgan fingerprint density at radius 1 is 1.36 bits per heavy atom. The first kappa shape index (κ1) is 15.3. The van der Waals surface area contributed by atoms with Crippen molar-refractivity contribution in [3.63, 3.8) is 0 Å². The number of benzene rings is 1. The Morgan fingerprint density at radius 2 is 2.09 bits per heavy atom. The fourth-order valence-corrected chi connectivity index (χ4v) is 3.73. The molecule has 2 unspecified atom stereocenters. The summed E-state index contributed by atoms with van der Waals surface area (Å²) in [4.78, 5) is 26.0. The lowest BCUT2D eigenvalue weighted by Crippen LogP contribution is -2.48. The molecule has 1 N–H and O–H groups in total. The van der Waals surface area contributed by atoms with Crippen molar-refractivity contribution in [2.75, 3.05) is 13.1 Å². The first-order valence-corrected chi connectivity index (χ1v) is 8.10. The van der Waals surface area contributed by atoms with Crippen LogP contribution in [0.15, 0.2) is 24.3 Å². The maximum atomic E-state index is 13.0. The summed E-state index contributed by atoms with van der Waals surface area (Å²) < 4.78 is 0. The van der Waals surface area contributed by atoms with E-state index in [9.17, 15) is 14.7 Å². The third-order valence-corrected chi connectivity index (χ3v) is 5.28. The number of carboxylic acid groups (broad SMARTS) is 1. The Balaban J connectivity index is 1.76. The van der Waals surface area contributed by atoms with Gasteiger partial charge in [-0.05, 0) is 42.9 Å². The number of hydrogen-bond donors (Lipinski definition) is 1. The fourth-order valence-electron chi connectivity index (χ4n) is 3.54. The van der Waals surface area contributed by atoms with Crippen molar-refractivity contribution >= 4 is 23.5 Å². The standard InChI is InChI=1S/C17H20ClNO3/c1-11-10-19(8-5-14(11)15(20)21)16(22)17(6-7-17)12-3-2-4-13(18)9-12/h2-4,9,11,14H,5-8,10H2,1H3,(H,20,21). The van der Waals surface area contributed by atoms with Gasteiger partial charge in [0.05, 0.1) is 11.3 Å². The smallest absolute Gasteiger partial charge is 0.306 e. The lowest BCUT2D eigenvalue weighted by molar-refractivity contribution is -0.149. The molecule has 1 aliphatic heterocycles. The van der Waals surface area contributed by atoms with Crippen molar-refractivity contribution in [1.82, 2.24) is 4.90 Å². The van der Waals surface area contributed by atoms with E-state index in [2.05, 4.69) is 0 Å². The Kier molecular flexibility index (Phi) is 3.89. The summed E-state index contributed by atoms with van der Waals surface area (Å²) in [5, 5.41) is 9.84. The third kappa shape index (κ3) is 2.60. The van der Waals surface area contributed by atoms with Gasteiger partial charge in [0.2, 0.25) is 5.91 Å². The van der Waals surface area contributed by atoms with Crippen LogP contribution < -0.4 is 0 Å². The van der Waals surface area contributed by atoms with Crippen molar-refractivity contribution in [3.8, 4) is 0 Å². The van der Waals surface area contributed by atoms with Gasteiger partial charge in [-0.15, -0.1) is 0 Å². The first-order valence-electron chi connectivity index (χ1n) is 7.72. The summed E-state index contributed by atoms with van der Waals surface area (Å²) in [6.45, 7) is 2.97. The minimum Gasteiger partial charge on any atom is -0.481 e. The van der Waals surface area contributed by atoms with E-state index in [4.69, 9.17) is 11.6 Å². The topological polar surface area (TPSA) is 57.6 Å². The number of nitrogens with zero attached hydrogens (tertiary/aromatic N) is 1. The van der Waals surface area contributed by atoms with Crippen LogP contribution in [0.3, 0.4) is 0 Å². The van der Waals surface area contributed by atoms with E-state index in [1.807, 2.05) is 36.1 Å². The first-order chi connectivity index (χ1) is 10.4. The number of carboxylic acids is 1. The number of likely N-dealkylation sites (tertiary alicyclic amines) is 1. The number of carbonyl (C=O) groups is 2. The van der Waals surface area contributed by atoms with Crippen LogP contribution in [0, 0.1) is 11.8 Å². The van der Waals surface area contributed by atoms with Crippen molar-refractivity contribution < 1.29 is 14.7 Å². The molecule has 5 heteroatoms. The summed E-state index contributed by atoms with van der Waals surface area (Å²) in [5.41, 5.74) is 0.554. The molecule has 2 aliphatic rings. The molecule has 1 aliphatic carbocycles. The molecule has 4 nitrogen and oxygen atoms in total. The van der Waals surface area contributed by atoms with Crippen LogP contribution in [0.5, 0.6) is 0 Å². The molecule has 1 aromatic rings. The van der Waals surface area contributed by atoms with E-state index < -0.39 is 11.4 Å². The second-order valence-electron chi connectivity index (χ2n) is 6.55. The van der Waals surface area contributed by atoms with Crippen molar-refractivity contribution in [2.24, 2.45) is 11.8 Å². The molecule has 1 saturated carbocycles. The van der Waals surface area contributed by atoms with Crippen LogP contribution in [0.2, 0.25) is 5.02 Å². The number of amides is 1. The Labute approximate surface area is 135 Å². The molecule has 2 fully saturated rings. The zero-order valence-corrected chi connectivity index (χ0v) is 13.3. The molecular weight excluding hydrogens is 302 g/mol. The summed E-state index contributed by atoms with van der Waals surface area (Å²) in [6, 6.07) is 7.53. The van der Waals surface area contributed by atoms with Crippen LogP contribution >= 0.6 is 11.6 Å². The van der Waals surface area contributed by atoms with Gasteiger partial charge in [-0.2, -0.15) is 0 Å². The van der Waals surface area contributed by atoms with Crippen molar-refractivity contribution in [1.29, 1.82) is 0 Å². The minimum atomic E-state index is -0.754. The van der Waals surface area contributed by atoms with Crippen LogP contribution in [0.25, 0.3) is 0 Å². The SMILES string of the molecule is CC1CN(C(=O)C2(c3cccc(Cl)c3)CC2)CCC1C(=O)O. The molecule has 0 spiro atoms. The molecule has 0 bridgehead atoms. The van der Waals surface area contributed by atoms with Crippen molar-refractivity contribution in [3.05, 3.63) is 34.9 Å². The Hall–Kier alpha value is -1.55. The minimum absolute atomic E-state index is 0.00892. The van der Waals surface area contributed by atoms with Gasteiger partial charge in [0.25, 0.3) is 0 Å². The molecule has 0 radical (unpaired) electrons. The van der Waals surface area contributed by atoms with Gasteiger partial charge in [-0.3, -0.25) is 9.59 Å². The van der Waals surface area contributed by atoms with Gasteiger partial charge in [0.15, 0.2) is 0 Å². The lowest BCUT2D eigenvalue weighted by atomic mass is 9.85. The van der Waals surface area contributed by atoms with Gasteiger partial charge < -0.3 is 10.0 Å². The van der Waals surface area contributed by atoms with Gasteiger partial charge >= 0.3 is 5.97 Å². The van der Waals surface area contributed by atoms with Crippen molar-refractivity contribution in [2.45, 2.75) is 31.6 Å². The lowest BCUT2D eigenvalue weighted by Gasteiger charge is -2.37. The highest BCUT2D eigenvalue weighted by atomic mass is 35.5. The fraction of sp³-hybridized carbons (Fsp3) is 0.529. The quantitative estimate of drug-likeness (QED) is 0.931. The maximum Gasteiger partial charge on any atom is 0.306 e. The Morgan fingerprint density at radius 3 is 2.64 bits per heavy atom.